The van der Waals surface area contributed by atoms with Gasteiger partial charge in [-0.25, -0.2) is 4.39 Å². The van der Waals surface area contributed by atoms with Crippen molar-refractivity contribution < 1.29 is 19.0 Å². The summed E-state index contributed by atoms with van der Waals surface area (Å²) in [6.07, 6.45) is 8.71. The number of hydrogen-bond donors (Lipinski definition) is 2. The first-order valence-electron chi connectivity index (χ1n) is 13.4. The number of carbonyl (C=O) groups is 1. The van der Waals surface area contributed by atoms with E-state index in [9.17, 15) is 19.1 Å². The van der Waals surface area contributed by atoms with Crippen LogP contribution >= 0.6 is 0 Å². The van der Waals surface area contributed by atoms with Crippen LogP contribution < -0.4 is 10.3 Å². The lowest BCUT2D eigenvalue weighted by molar-refractivity contribution is -0.137. The van der Waals surface area contributed by atoms with E-state index in [-0.39, 0.29) is 28.9 Å². The van der Waals surface area contributed by atoms with E-state index in [0.717, 1.165) is 60.6 Å². The molecule has 0 amide bonds. The number of nitrogens with one attached hydrogen (secondary N) is 1. The predicted octanol–water partition coefficient (Wildman–Crippen LogP) is 7.32. The molecule has 2 N–H and O–H groups in total. The lowest BCUT2D eigenvalue weighted by atomic mass is 9.71. The summed E-state index contributed by atoms with van der Waals surface area (Å²) in [6, 6.07) is 14.9. The number of benzene rings is 2. The highest BCUT2D eigenvalue weighted by Gasteiger charge is 2.34. The van der Waals surface area contributed by atoms with Crippen molar-refractivity contribution >= 4 is 11.5 Å². The summed E-state index contributed by atoms with van der Waals surface area (Å²) in [5, 5.41) is 9.37. The number of hydrogen-bond acceptors (Lipinski definition) is 3. The van der Waals surface area contributed by atoms with Gasteiger partial charge >= 0.3 is 5.97 Å². The Morgan fingerprint density at radius 3 is 2.68 bits per heavy atom. The van der Waals surface area contributed by atoms with Crippen molar-refractivity contribution in [2.75, 3.05) is 0 Å². The van der Waals surface area contributed by atoms with Gasteiger partial charge in [0.1, 0.15) is 18.2 Å². The Kier molecular flexibility index (Phi) is 7.24. The average molecular weight is 516 g/mol. The molecule has 0 saturated heterocycles. The minimum atomic E-state index is -0.780. The quantitative estimate of drug-likeness (QED) is 0.313. The van der Waals surface area contributed by atoms with Crippen molar-refractivity contribution in [2.24, 2.45) is 11.3 Å². The third-order valence-corrected chi connectivity index (χ3v) is 7.90. The van der Waals surface area contributed by atoms with Crippen molar-refractivity contribution in [3.63, 3.8) is 0 Å². The second kappa shape index (κ2) is 10.6. The lowest BCUT2D eigenvalue weighted by Crippen LogP contribution is -2.18. The number of H-pyrrole nitrogens is 1. The number of aliphatic carboxylic acids is 1. The number of pyridine rings is 1. The molecule has 1 saturated carbocycles. The molecule has 1 heterocycles. The minimum absolute atomic E-state index is 0.00586. The van der Waals surface area contributed by atoms with E-state index in [1.807, 2.05) is 36.4 Å². The van der Waals surface area contributed by atoms with Gasteiger partial charge in [0.05, 0.1) is 6.42 Å². The molecule has 0 unspecified atom stereocenters. The van der Waals surface area contributed by atoms with E-state index >= 15 is 0 Å². The highest BCUT2D eigenvalue weighted by Crippen LogP contribution is 2.46. The van der Waals surface area contributed by atoms with E-state index in [4.69, 9.17) is 4.74 Å². The van der Waals surface area contributed by atoms with Crippen LogP contribution in [0.15, 0.2) is 65.6 Å². The first kappa shape index (κ1) is 26.0. The summed E-state index contributed by atoms with van der Waals surface area (Å²) < 4.78 is 21.0. The van der Waals surface area contributed by atoms with E-state index in [0.29, 0.717) is 23.8 Å². The molecule has 0 aliphatic heterocycles. The van der Waals surface area contributed by atoms with Crippen LogP contribution in [0.1, 0.15) is 75.0 Å². The Balaban J connectivity index is 1.45. The average Bonchev–Trinajstić information content (AvgIpc) is 3.73. The maximum Gasteiger partial charge on any atom is 0.303 e. The van der Waals surface area contributed by atoms with Crippen LogP contribution in [0.4, 0.5) is 4.39 Å². The molecule has 5 rings (SSSR count). The standard InChI is InChI=1S/C32H34FNO4/c1-32(2)13-4-3-8-28(32)26-14-20(9-12-24(26)27-16-30(35)34-18-29(27)33)19-38-23-7-5-6-22(15-23)25(17-31(36)37)21-10-11-21/h5-9,12,14-16,18,21,25H,3-4,10-11,13,17,19H2,1-2H3,(H,34,35)(H,36,37)/t25-/m1/s1. The molecule has 3 aromatic rings. The molecule has 1 aromatic heterocycles. The molecule has 6 heteroatoms. The maximum absolute atomic E-state index is 14.9. The number of halogens is 1. The summed E-state index contributed by atoms with van der Waals surface area (Å²) in [7, 11) is 0. The number of carboxylic acid groups (broad SMARTS) is 1. The monoisotopic (exact) mass is 515 g/mol. The lowest BCUT2D eigenvalue weighted by Gasteiger charge is -2.33. The van der Waals surface area contributed by atoms with Crippen molar-refractivity contribution in [1.29, 1.82) is 0 Å². The zero-order valence-corrected chi connectivity index (χ0v) is 21.9. The first-order chi connectivity index (χ1) is 18.2. The molecule has 5 nitrogen and oxygen atoms in total. The van der Waals surface area contributed by atoms with Gasteiger partial charge in [0.15, 0.2) is 0 Å². The van der Waals surface area contributed by atoms with Crippen LogP contribution in [0.2, 0.25) is 0 Å². The Hall–Kier alpha value is -3.67. The Morgan fingerprint density at radius 2 is 1.95 bits per heavy atom. The van der Waals surface area contributed by atoms with Gasteiger partial charge in [-0.05, 0) is 95.4 Å². The second-order valence-corrected chi connectivity index (χ2v) is 11.2. The van der Waals surface area contributed by atoms with Gasteiger partial charge in [-0.2, -0.15) is 0 Å². The first-order valence-corrected chi connectivity index (χ1v) is 13.4. The molecule has 2 aromatic carbocycles. The number of aromatic amines is 1. The fraction of sp³-hybridized carbons (Fsp3) is 0.375. The van der Waals surface area contributed by atoms with Crippen LogP contribution in [0.3, 0.4) is 0 Å². The number of aromatic nitrogens is 1. The SMILES string of the molecule is CC1(C)CCCC=C1c1cc(COc2cccc([C@H](CC(=O)O)C3CC3)c2)ccc1-c1cc(=O)[nH]cc1F. The molecule has 38 heavy (non-hydrogen) atoms. The number of allylic oxidation sites excluding steroid dienone is 2. The highest BCUT2D eigenvalue weighted by molar-refractivity contribution is 5.84. The predicted molar refractivity (Wildman–Crippen MR) is 147 cm³/mol. The molecular weight excluding hydrogens is 481 g/mol. The third-order valence-electron chi connectivity index (χ3n) is 7.90. The topological polar surface area (TPSA) is 79.4 Å². The summed E-state index contributed by atoms with van der Waals surface area (Å²) >= 11 is 0. The zero-order valence-electron chi connectivity index (χ0n) is 21.9. The normalized spacial score (nSPS) is 17.5. The molecule has 1 fully saturated rings. The second-order valence-electron chi connectivity index (χ2n) is 11.2. The number of ether oxygens (including phenoxy) is 1. The zero-order chi connectivity index (χ0) is 26.9. The van der Waals surface area contributed by atoms with Gasteiger partial charge in [-0.1, -0.05) is 44.2 Å². The van der Waals surface area contributed by atoms with Crippen LogP contribution in [0, 0.1) is 17.2 Å². The Bertz CT molecular complexity index is 1430. The van der Waals surface area contributed by atoms with Gasteiger partial charge in [0.25, 0.3) is 0 Å². The van der Waals surface area contributed by atoms with Crippen LogP contribution in [-0.4, -0.2) is 16.1 Å². The molecule has 1 atom stereocenters. The fourth-order valence-corrected chi connectivity index (χ4v) is 5.72. The summed E-state index contributed by atoms with van der Waals surface area (Å²) in [5.74, 6) is -0.118. The fourth-order valence-electron chi connectivity index (χ4n) is 5.72. The molecule has 0 spiro atoms. The highest BCUT2D eigenvalue weighted by atomic mass is 19.1. The van der Waals surface area contributed by atoms with Gasteiger partial charge in [0, 0.05) is 17.8 Å². The number of rotatable bonds is 9. The van der Waals surface area contributed by atoms with Crippen molar-refractivity contribution in [3.8, 4) is 16.9 Å². The summed E-state index contributed by atoms with van der Waals surface area (Å²) in [5.41, 5.74) is 4.57. The minimum Gasteiger partial charge on any atom is -0.489 e. The molecule has 2 aliphatic carbocycles. The Morgan fingerprint density at radius 1 is 1.13 bits per heavy atom. The van der Waals surface area contributed by atoms with Crippen molar-refractivity contribution in [1.82, 2.24) is 4.98 Å². The largest absolute Gasteiger partial charge is 0.489 e. The molecule has 2 aliphatic rings. The third kappa shape index (κ3) is 5.74. The van der Waals surface area contributed by atoms with E-state index < -0.39 is 11.8 Å². The molecular formula is C32H34FNO4. The van der Waals surface area contributed by atoms with Gasteiger partial charge in [0.2, 0.25) is 5.56 Å². The van der Waals surface area contributed by atoms with Gasteiger partial charge in [-0.15, -0.1) is 0 Å². The number of carboxylic acids is 1. The van der Waals surface area contributed by atoms with E-state index in [1.54, 1.807) is 0 Å². The molecule has 0 bridgehead atoms. The maximum atomic E-state index is 14.9. The van der Waals surface area contributed by atoms with Gasteiger partial charge in [-0.3, -0.25) is 9.59 Å². The molecule has 198 valence electrons. The molecule has 0 radical (unpaired) electrons. The van der Waals surface area contributed by atoms with Crippen LogP contribution in [0.5, 0.6) is 5.75 Å². The van der Waals surface area contributed by atoms with Crippen LogP contribution in [-0.2, 0) is 11.4 Å². The smallest absolute Gasteiger partial charge is 0.303 e. The van der Waals surface area contributed by atoms with Crippen molar-refractivity contribution in [2.45, 2.75) is 64.9 Å². The van der Waals surface area contributed by atoms with E-state index in [1.165, 1.54) is 6.07 Å². The van der Waals surface area contributed by atoms with Gasteiger partial charge < -0.3 is 14.8 Å². The van der Waals surface area contributed by atoms with E-state index in [2.05, 4.69) is 31.0 Å². The van der Waals surface area contributed by atoms with Crippen molar-refractivity contribution in [3.05, 3.63) is 93.7 Å². The summed E-state index contributed by atoms with van der Waals surface area (Å²) in [6.45, 7) is 4.73. The summed E-state index contributed by atoms with van der Waals surface area (Å²) in [4.78, 5) is 25.9. The Labute approximate surface area is 222 Å². The van der Waals surface area contributed by atoms with Crippen LogP contribution in [0.25, 0.3) is 16.7 Å².